The van der Waals surface area contributed by atoms with Crippen molar-refractivity contribution in [3.63, 3.8) is 0 Å². The molecular weight excluding hydrogens is 639 g/mol. The van der Waals surface area contributed by atoms with Crippen LogP contribution in [0.25, 0.3) is 0 Å². The van der Waals surface area contributed by atoms with Crippen molar-refractivity contribution in [1.29, 1.82) is 0 Å². The van der Waals surface area contributed by atoms with Gasteiger partial charge in [0.05, 0.1) is 11.4 Å². The predicted molar refractivity (Wildman–Crippen MR) is 186 cm³/mol. The van der Waals surface area contributed by atoms with Crippen LogP contribution < -0.4 is 21.4 Å². The second-order valence-corrected chi connectivity index (χ2v) is 12.1. The van der Waals surface area contributed by atoms with Crippen LogP contribution in [-0.2, 0) is 16.5 Å². The van der Waals surface area contributed by atoms with Gasteiger partial charge in [-0.25, -0.2) is 0 Å². The maximum atomic E-state index is 5.70. The van der Waals surface area contributed by atoms with Crippen molar-refractivity contribution in [3.8, 4) is 0 Å². The Labute approximate surface area is 282 Å². The van der Waals surface area contributed by atoms with Crippen LogP contribution in [-0.4, -0.2) is 11.4 Å². The zero-order valence-corrected chi connectivity index (χ0v) is 27.4. The summed E-state index contributed by atoms with van der Waals surface area (Å²) in [4.78, 5) is 22.4. The largest absolute Gasteiger partial charge is 2.00 e. The molecule has 0 amide bonds. The van der Waals surface area contributed by atoms with Gasteiger partial charge in [-0.2, -0.15) is 12.4 Å². The van der Waals surface area contributed by atoms with E-state index in [-0.39, 0.29) is 16.5 Å². The SMILES string of the molecule is CC(=Nc1ccc(Sc2ccc(N)cc2)cc1)c1ccc[n-]1.CC(=Nc1ccc(Sc2ccc(N)cc2)cc1)c1ccc[n-]1.[Ni+2]. The van der Waals surface area contributed by atoms with E-state index in [9.17, 15) is 0 Å². The number of nitrogens with two attached hydrogens (primary N) is 2. The van der Waals surface area contributed by atoms with Crippen LogP contribution in [0.3, 0.4) is 0 Å². The molecule has 0 aliphatic rings. The first kappa shape index (κ1) is 33.5. The van der Waals surface area contributed by atoms with E-state index in [1.54, 1.807) is 35.9 Å². The Bertz CT molecular complexity index is 1660. The first-order chi connectivity index (χ1) is 21.4. The van der Waals surface area contributed by atoms with Gasteiger partial charge in [-0.05, 0) is 111 Å². The molecule has 0 atom stereocenters. The summed E-state index contributed by atoms with van der Waals surface area (Å²) in [6.07, 6.45) is 3.56. The van der Waals surface area contributed by atoms with Crippen molar-refractivity contribution in [2.75, 3.05) is 11.5 Å². The van der Waals surface area contributed by atoms with Crippen LogP contribution >= 0.6 is 23.5 Å². The summed E-state index contributed by atoms with van der Waals surface area (Å²) >= 11 is 3.41. The molecule has 45 heavy (non-hydrogen) atoms. The topological polar surface area (TPSA) is 105 Å². The van der Waals surface area contributed by atoms with Crippen LogP contribution in [0.15, 0.2) is 163 Å². The average molecular weight is 672 g/mol. The van der Waals surface area contributed by atoms with Gasteiger partial charge in [-0.3, -0.25) is 9.98 Å². The van der Waals surface area contributed by atoms with E-state index in [0.29, 0.717) is 0 Å². The van der Waals surface area contributed by atoms with Gasteiger partial charge in [0.25, 0.3) is 0 Å². The van der Waals surface area contributed by atoms with Crippen LogP contribution in [0.4, 0.5) is 22.7 Å². The maximum Gasteiger partial charge on any atom is 2.00 e. The molecule has 0 fully saturated rings. The molecule has 0 radical (unpaired) electrons. The second-order valence-electron chi connectivity index (χ2n) is 9.77. The maximum absolute atomic E-state index is 5.70. The van der Waals surface area contributed by atoms with E-state index in [4.69, 9.17) is 11.5 Å². The van der Waals surface area contributed by atoms with E-state index >= 15 is 0 Å². The Morgan fingerprint density at radius 1 is 0.489 bits per heavy atom. The van der Waals surface area contributed by atoms with E-state index in [1.807, 2.05) is 111 Å². The average Bonchev–Trinajstić information content (AvgIpc) is 3.78. The standard InChI is InChI=1S/2C18H16N3S.Ni/c2*1-13(18-3-2-12-20-18)21-15-6-10-17(11-7-15)22-16-8-4-14(19)5-9-16;/h2*2-12H,19H2,1H3;/q2*-1;+2. The molecule has 0 saturated carbocycles. The summed E-state index contributed by atoms with van der Waals surface area (Å²) in [7, 11) is 0. The van der Waals surface area contributed by atoms with Crippen molar-refractivity contribution in [3.05, 3.63) is 145 Å². The number of rotatable bonds is 8. The van der Waals surface area contributed by atoms with Gasteiger partial charge in [-0.1, -0.05) is 47.8 Å². The summed E-state index contributed by atoms with van der Waals surface area (Å²) in [6.45, 7) is 3.94. The molecule has 0 aliphatic heterocycles. The Morgan fingerprint density at radius 2 is 0.800 bits per heavy atom. The number of nitrogens with zero attached hydrogens (tertiary/aromatic N) is 4. The third kappa shape index (κ3) is 10.3. The summed E-state index contributed by atoms with van der Waals surface area (Å²) in [5.74, 6) is 0. The first-order valence-corrected chi connectivity index (χ1v) is 15.6. The molecule has 228 valence electrons. The fraction of sp³-hybridized carbons (Fsp3) is 0.0556. The van der Waals surface area contributed by atoms with Crippen LogP contribution in [0.1, 0.15) is 25.2 Å². The smallest absolute Gasteiger partial charge is 0.663 e. The Kier molecular flexibility index (Phi) is 12.3. The Morgan fingerprint density at radius 3 is 1.09 bits per heavy atom. The van der Waals surface area contributed by atoms with Crippen molar-refractivity contribution in [1.82, 2.24) is 9.97 Å². The third-order valence-electron chi connectivity index (χ3n) is 6.35. The number of hydrogen-bond donors (Lipinski definition) is 2. The van der Waals surface area contributed by atoms with E-state index in [0.717, 1.165) is 45.6 Å². The van der Waals surface area contributed by atoms with Gasteiger partial charge < -0.3 is 21.4 Å². The fourth-order valence-corrected chi connectivity index (χ4v) is 5.69. The Balaban J connectivity index is 0.000000200. The normalized spacial score (nSPS) is 11.3. The number of aromatic nitrogens is 2. The van der Waals surface area contributed by atoms with Gasteiger partial charge in [0, 0.05) is 42.4 Å². The predicted octanol–water partition coefficient (Wildman–Crippen LogP) is 9.03. The van der Waals surface area contributed by atoms with E-state index in [1.165, 1.54) is 19.6 Å². The summed E-state index contributed by atoms with van der Waals surface area (Å²) in [5, 5.41) is 0. The molecule has 0 bridgehead atoms. The van der Waals surface area contributed by atoms with Gasteiger partial charge in [-0.15, -0.1) is 11.4 Å². The Hall–Kier alpha value is -4.43. The first-order valence-electron chi connectivity index (χ1n) is 13.9. The van der Waals surface area contributed by atoms with Crippen LogP contribution in [0, 0.1) is 0 Å². The zero-order valence-electron chi connectivity index (χ0n) is 24.8. The molecular formula is C36H32N6NiS2. The summed E-state index contributed by atoms with van der Waals surface area (Å²) < 4.78 is 0. The number of nitrogen functional groups attached to an aromatic ring is 2. The van der Waals surface area contributed by atoms with Crippen LogP contribution in [0.5, 0.6) is 0 Å². The minimum Gasteiger partial charge on any atom is -0.663 e. The molecule has 4 aromatic carbocycles. The second kappa shape index (κ2) is 16.6. The van der Waals surface area contributed by atoms with Gasteiger partial charge in [0.15, 0.2) is 0 Å². The quantitative estimate of drug-likeness (QED) is 0.0951. The zero-order chi connectivity index (χ0) is 30.7. The molecule has 6 aromatic rings. The molecule has 2 aromatic heterocycles. The van der Waals surface area contributed by atoms with Gasteiger partial charge >= 0.3 is 16.5 Å². The van der Waals surface area contributed by atoms with Gasteiger partial charge in [0.1, 0.15) is 0 Å². The minimum atomic E-state index is 0. The van der Waals surface area contributed by atoms with Crippen LogP contribution in [0.2, 0.25) is 0 Å². The number of anilines is 2. The van der Waals surface area contributed by atoms with Gasteiger partial charge in [0.2, 0.25) is 0 Å². The third-order valence-corrected chi connectivity index (χ3v) is 8.38. The minimum absolute atomic E-state index is 0. The number of hydrogen-bond acceptors (Lipinski definition) is 6. The number of aliphatic imine (C=N–C) groups is 2. The molecule has 4 N–H and O–H groups in total. The molecule has 2 heterocycles. The van der Waals surface area contributed by atoms with E-state index in [2.05, 4.69) is 44.2 Å². The van der Waals surface area contributed by atoms with E-state index < -0.39 is 0 Å². The summed E-state index contributed by atoms with van der Waals surface area (Å²) in [6, 6.07) is 39.9. The fourth-order valence-electron chi connectivity index (χ4n) is 4.05. The molecule has 6 nitrogen and oxygen atoms in total. The molecule has 9 heteroatoms. The molecule has 0 spiro atoms. The van der Waals surface area contributed by atoms with Crippen molar-refractivity contribution < 1.29 is 16.5 Å². The molecule has 0 unspecified atom stereocenters. The molecule has 0 saturated heterocycles. The van der Waals surface area contributed by atoms with Crippen molar-refractivity contribution >= 4 is 57.7 Å². The molecule has 0 aliphatic carbocycles. The van der Waals surface area contributed by atoms with Crippen molar-refractivity contribution in [2.45, 2.75) is 33.4 Å². The monoisotopic (exact) mass is 670 g/mol. The number of benzene rings is 4. The van der Waals surface area contributed by atoms with Crippen molar-refractivity contribution in [2.24, 2.45) is 9.98 Å². The summed E-state index contributed by atoms with van der Waals surface area (Å²) in [5.41, 5.74) is 18.5. The molecule has 6 rings (SSSR count).